The van der Waals surface area contributed by atoms with Gasteiger partial charge in [-0.25, -0.2) is 0 Å². The van der Waals surface area contributed by atoms with Crippen LogP contribution in [0.25, 0.3) is 0 Å². The summed E-state index contributed by atoms with van der Waals surface area (Å²) in [5.41, 5.74) is 1.22. The molecule has 0 aromatic heterocycles. The van der Waals surface area contributed by atoms with Crippen molar-refractivity contribution in [3.63, 3.8) is 0 Å². The largest absolute Gasteiger partial charge is 0.481 e. The maximum absolute atomic E-state index is 10.5. The summed E-state index contributed by atoms with van der Waals surface area (Å²) in [6, 6.07) is 10.3. The summed E-state index contributed by atoms with van der Waals surface area (Å²) >= 11 is 0. The fraction of sp³-hybridized carbons (Fsp3) is 0.476. The normalized spacial score (nSPS) is 20.5. The van der Waals surface area contributed by atoms with Crippen LogP contribution < -0.4 is 0 Å². The highest BCUT2D eigenvalue weighted by Crippen LogP contribution is 2.29. The topological polar surface area (TPSA) is 46.5 Å². The van der Waals surface area contributed by atoms with E-state index in [1.807, 2.05) is 18.2 Å². The zero-order valence-electron chi connectivity index (χ0n) is 14.3. The minimum absolute atomic E-state index is 0.256. The van der Waals surface area contributed by atoms with Gasteiger partial charge in [0.2, 0.25) is 0 Å². The van der Waals surface area contributed by atoms with Crippen molar-refractivity contribution in [1.29, 1.82) is 0 Å². The van der Waals surface area contributed by atoms with Crippen LogP contribution in [0.15, 0.2) is 54.6 Å². The molecule has 130 valence electrons. The van der Waals surface area contributed by atoms with Crippen molar-refractivity contribution in [2.75, 3.05) is 6.61 Å². The predicted molar refractivity (Wildman–Crippen MR) is 96.7 cm³/mol. The van der Waals surface area contributed by atoms with Crippen LogP contribution in [-0.4, -0.2) is 17.7 Å². The minimum atomic E-state index is -0.712. The second kappa shape index (κ2) is 10.8. The Morgan fingerprint density at radius 2 is 1.88 bits per heavy atom. The van der Waals surface area contributed by atoms with E-state index in [0.717, 1.165) is 38.7 Å². The number of carboxylic acids is 1. The van der Waals surface area contributed by atoms with Gasteiger partial charge in [-0.1, -0.05) is 54.6 Å². The van der Waals surface area contributed by atoms with E-state index in [0.29, 0.717) is 18.4 Å². The average molecular weight is 328 g/mol. The third-order valence-electron chi connectivity index (χ3n) is 4.52. The highest BCUT2D eigenvalue weighted by atomic mass is 16.5. The van der Waals surface area contributed by atoms with Gasteiger partial charge in [0.25, 0.3) is 0 Å². The zero-order chi connectivity index (χ0) is 17.0. The van der Waals surface area contributed by atoms with Crippen LogP contribution >= 0.6 is 0 Å². The molecule has 0 saturated heterocycles. The fourth-order valence-electron chi connectivity index (χ4n) is 3.08. The molecule has 1 aromatic rings. The van der Waals surface area contributed by atoms with Gasteiger partial charge < -0.3 is 9.84 Å². The maximum atomic E-state index is 10.5. The van der Waals surface area contributed by atoms with Crippen LogP contribution in [0, 0.1) is 11.8 Å². The Labute approximate surface area is 145 Å². The number of allylic oxidation sites excluding steroid dienone is 4. The lowest BCUT2D eigenvalue weighted by molar-refractivity contribution is -0.137. The molecule has 1 aliphatic rings. The van der Waals surface area contributed by atoms with Gasteiger partial charge in [0.15, 0.2) is 0 Å². The van der Waals surface area contributed by atoms with Gasteiger partial charge >= 0.3 is 5.97 Å². The Balaban J connectivity index is 1.69. The minimum Gasteiger partial charge on any atom is -0.481 e. The van der Waals surface area contributed by atoms with Gasteiger partial charge in [-0.05, 0) is 49.5 Å². The smallest absolute Gasteiger partial charge is 0.303 e. The quantitative estimate of drug-likeness (QED) is 0.486. The molecule has 0 radical (unpaired) electrons. The van der Waals surface area contributed by atoms with E-state index < -0.39 is 5.97 Å². The Kier molecular flexibility index (Phi) is 8.33. The van der Waals surface area contributed by atoms with Crippen LogP contribution in [-0.2, 0) is 16.1 Å². The van der Waals surface area contributed by atoms with E-state index in [9.17, 15) is 4.79 Å². The van der Waals surface area contributed by atoms with Crippen molar-refractivity contribution in [1.82, 2.24) is 0 Å². The van der Waals surface area contributed by atoms with E-state index >= 15 is 0 Å². The first-order chi connectivity index (χ1) is 11.8. The Bertz CT molecular complexity index is 533. The molecule has 0 unspecified atom stereocenters. The summed E-state index contributed by atoms with van der Waals surface area (Å²) in [7, 11) is 0. The van der Waals surface area contributed by atoms with Gasteiger partial charge in [-0.2, -0.15) is 0 Å². The number of ether oxygens (including phenoxy) is 1. The molecular formula is C21H28O3. The average Bonchev–Trinajstić information content (AvgIpc) is 2.60. The Hall–Kier alpha value is -1.87. The molecule has 0 heterocycles. The predicted octanol–water partition coefficient (Wildman–Crippen LogP) is 4.99. The van der Waals surface area contributed by atoms with Gasteiger partial charge in [0.1, 0.15) is 0 Å². The molecule has 0 bridgehead atoms. The molecule has 2 rings (SSSR count). The third kappa shape index (κ3) is 7.14. The molecule has 2 atom stereocenters. The third-order valence-corrected chi connectivity index (χ3v) is 4.52. The van der Waals surface area contributed by atoms with E-state index in [1.54, 1.807) is 0 Å². The van der Waals surface area contributed by atoms with Crippen molar-refractivity contribution in [3.05, 3.63) is 60.2 Å². The van der Waals surface area contributed by atoms with Crippen molar-refractivity contribution in [2.45, 2.75) is 45.1 Å². The molecule has 0 spiro atoms. The molecule has 3 nitrogen and oxygen atoms in total. The molecule has 0 fully saturated rings. The summed E-state index contributed by atoms with van der Waals surface area (Å²) in [5.74, 6) is 0.486. The van der Waals surface area contributed by atoms with Gasteiger partial charge in [0.05, 0.1) is 13.2 Å². The first-order valence-electron chi connectivity index (χ1n) is 8.89. The highest BCUT2D eigenvalue weighted by Gasteiger charge is 2.21. The maximum Gasteiger partial charge on any atom is 0.303 e. The molecule has 1 aromatic carbocycles. The van der Waals surface area contributed by atoms with Crippen molar-refractivity contribution < 1.29 is 14.6 Å². The van der Waals surface area contributed by atoms with Crippen LogP contribution in [0.5, 0.6) is 0 Å². The van der Waals surface area contributed by atoms with Gasteiger partial charge in [-0.3, -0.25) is 4.79 Å². The number of hydrogen-bond acceptors (Lipinski definition) is 2. The second-order valence-electron chi connectivity index (χ2n) is 6.46. The SMILES string of the molecule is O=C(O)CCC/C=C\C[C@H]1CC=CC[C@H]1COCc1ccccc1. The number of rotatable bonds is 10. The van der Waals surface area contributed by atoms with E-state index in [-0.39, 0.29) is 6.42 Å². The summed E-state index contributed by atoms with van der Waals surface area (Å²) < 4.78 is 5.94. The number of unbranched alkanes of at least 4 members (excludes halogenated alkanes) is 1. The lowest BCUT2D eigenvalue weighted by atomic mass is 9.81. The number of carboxylic acid groups (broad SMARTS) is 1. The fourth-order valence-corrected chi connectivity index (χ4v) is 3.08. The van der Waals surface area contributed by atoms with E-state index in [4.69, 9.17) is 9.84 Å². The summed E-state index contributed by atoms with van der Waals surface area (Å²) in [6.45, 7) is 1.48. The van der Waals surface area contributed by atoms with Crippen LogP contribution in [0.1, 0.15) is 44.1 Å². The summed E-state index contributed by atoms with van der Waals surface area (Å²) in [6.07, 6.45) is 14.0. The standard InChI is InChI=1S/C21H28O3/c22-21(23)15-7-2-1-6-12-19-13-8-9-14-20(19)17-24-16-18-10-4-3-5-11-18/h1,3-6,8-11,19-20H,2,7,12-17H2,(H,22,23)/b6-1-/t19-,20-/m0/s1. The van der Waals surface area contributed by atoms with Crippen molar-refractivity contribution in [2.24, 2.45) is 11.8 Å². The summed E-state index contributed by atoms with van der Waals surface area (Å²) in [5, 5.41) is 8.63. The van der Waals surface area contributed by atoms with Crippen molar-refractivity contribution >= 4 is 5.97 Å². The molecule has 0 saturated carbocycles. The number of aliphatic carboxylic acids is 1. The molecule has 0 aliphatic heterocycles. The molecule has 1 aliphatic carbocycles. The first kappa shape index (κ1) is 18.5. The van der Waals surface area contributed by atoms with Crippen molar-refractivity contribution in [3.8, 4) is 0 Å². The Morgan fingerprint density at radius 1 is 1.12 bits per heavy atom. The molecular weight excluding hydrogens is 300 g/mol. The highest BCUT2D eigenvalue weighted by molar-refractivity contribution is 5.66. The van der Waals surface area contributed by atoms with Crippen LogP contribution in [0.3, 0.4) is 0 Å². The zero-order valence-corrected chi connectivity index (χ0v) is 14.3. The van der Waals surface area contributed by atoms with E-state index in [1.165, 1.54) is 5.56 Å². The number of carbonyl (C=O) groups is 1. The lowest BCUT2D eigenvalue weighted by Gasteiger charge is -2.27. The van der Waals surface area contributed by atoms with Gasteiger partial charge in [0, 0.05) is 6.42 Å². The second-order valence-corrected chi connectivity index (χ2v) is 6.46. The van der Waals surface area contributed by atoms with Crippen LogP contribution in [0.4, 0.5) is 0 Å². The first-order valence-corrected chi connectivity index (χ1v) is 8.89. The molecule has 3 heteroatoms. The number of hydrogen-bond donors (Lipinski definition) is 1. The Morgan fingerprint density at radius 3 is 2.62 bits per heavy atom. The van der Waals surface area contributed by atoms with Gasteiger partial charge in [-0.15, -0.1) is 0 Å². The monoisotopic (exact) mass is 328 g/mol. The summed E-state index contributed by atoms with van der Waals surface area (Å²) in [4.78, 5) is 10.5. The molecule has 0 amide bonds. The lowest BCUT2D eigenvalue weighted by Crippen LogP contribution is -2.21. The number of benzene rings is 1. The molecule has 24 heavy (non-hydrogen) atoms. The molecule has 1 N–H and O–H groups in total. The van der Waals surface area contributed by atoms with Crippen LogP contribution in [0.2, 0.25) is 0 Å². The van der Waals surface area contributed by atoms with E-state index in [2.05, 4.69) is 36.4 Å².